The van der Waals surface area contributed by atoms with Gasteiger partial charge >= 0.3 is 0 Å². The first-order chi connectivity index (χ1) is 10.1. The fourth-order valence-corrected chi connectivity index (χ4v) is 4.37. The number of anilines is 1. The van der Waals surface area contributed by atoms with Crippen LogP contribution in [0.4, 0.5) is 5.00 Å². The Bertz CT molecular complexity index is 851. The second kappa shape index (κ2) is 5.34. The molecule has 2 heterocycles. The SMILES string of the molecule is CNc1ccc(S(=O)(=O)c2cnn(-c3ccccc3)c2)s1. The molecule has 0 unspecified atom stereocenters. The Morgan fingerprint density at radius 1 is 1.14 bits per heavy atom. The summed E-state index contributed by atoms with van der Waals surface area (Å²) < 4.78 is 26.9. The Kier molecular flexibility index (Phi) is 3.52. The van der Waals surface area contributed by atoms with Crippen molar-refractivity contribution in [3.63, 3.8) is 0 Å². The van der Waals surface area contributed by atoms with E-state index in [9.17, 15) is 8.42 Å². The summed E-state index contributed by atoms with van der Waals surface area (Å²) in [5.74, 6) is 0. The molecular formula is C14H13N3O2S2. The number of benzene rings is 1. The first kappa shape index (κ1) is 13.8. The molecule has 3 aromatic rings. The maximum absolute atomic E-state index is 12.5. The third-order valence-corrected chi connectivity index (χ3v) is 6.29. The van der Waals surface area contributed by atoms with E-state index in [0.29, 0.717) is 4.21 Å². The van der Waals surface area contributed by atoms with Crippen molar-refractivity contribution in [3.05, 3.63) is 54.9 Å². The number of thiophene rings is 1. The fraction of sp³-hybridized carbons (Fsp3) is 0.0714. The lowest BCUT2D eigenvalue weighted by Gasteiger charge is -1.99. The number of nitrogens with one attached hydrogen (secondary N) is 1. The van der Waals surface area contributed by atoms with E-state index >= 15 is 0 Å². The molecule has 0 saturated carbocycles. The van der Waals surface area contributed by atoms with Crippen LogP contribution in [-0.4, -0.2) is 25.2 Å². The minimum Gasteiger partial charge on any atom is -0.380 e. The largest absolute Gasteiger partial charge is 0.380 e. The number of rotatable bonds is 4. The smallest absolute Gasteiger partial charge is 0.219 e. The highest BCUT2D eigenvalue weighted by atomic mass is 32.2. The van der Waals surface area contributed by atoms with Crippen molar-refractivity contribution in [2.45, 2.75) is 9.10 Å². The average Bonchev–Trinajstić information content (AvgIpc) is 3.18. The molecule has 0 aliphatic rings. The number of aromatic nitrogens is 2. The van der Waals surface area contributed by atoms with Gasteiger partial charge in [0, 0.05) is 13.2 Å². The van der Waals surface area contributed by atoms with Gasteiger partial charge in [0.2, 0.25) is 9.84 Å². The van der Waals surface area contributed by atoms with Gasteiger partial charge in [0.25, 0.3) is 0 Å². The Hall–Kier alpha value is -2.12. The van der Waals surface area contributed by atoms with Gasteiger partial charge in [-0.1, -0.05) is 18.2 Å². The predicted octanol–water partition coefficient (Wildman–Crippen LogP) is 2.81. The molecule has 0 radical (unpaired) electrons. The molecule has 2 aromatic heterocycles. The van der Waals surface area contributed by atoms with Gasteiger partial charge in [0.1, 0.15) is 9.10 Å². The topological polar surface area (TPSA) is 64.0 Å². The summed E-state index contributed by atoms with van der Waals surface area (Å²) in [5, 5.41) is 7.88. The Labute approximate surface area is 126 Å². The van der Waals surface area contributed by atoms with Crippen LogP contribution in [0.3, 0.4) is 0 Å². The number of hydrogen-bond acceptors (Lipinski definition) is 5. The van der Waals surface area contributed by atoms with E-state index in [1.807, 2.05) is 30.3 Å². The van der Waals surface area contributed by atoms with Crippen molar-refractivity contribution < 1.29 is 8.42 Å². The van der Waals surface area contributed by atoms with E-state index in [0.717, 1.165) is 10.7 Å². The lowest BCUT2D eigenvalue weighted by Crippen LogP contribution is -1.98. The second-order valence-corrected chi connectivity index (χ2v) is 7.59. The van der Waals surface area contributed by atoms with Gasteiger partial charge in [0.05, 0.1) is 16.9 Å². The highest BCUT2D eigenvalue weighted by Crippen LogP contribution is 2.30. The Balaban J connectivity index is 1.99. The zero-order valence-electron chi connectivity index (χ0n) is 11.2. The molecular weight excluding hydrogens is 306 g/mol. The van der Waals surface area contributed by atoms with Crippen LogP contribution in [-0.2, 0) is 9.84 Å². The molecule has 0 saturated heterocycles. The minimum absolute atomic E-state index is 0.191. The van der Waals surface area contributed by atoms with Gasteiger partial charge in [-0.25, -0.2) is 13.1 Å². The van der Waals surface area contributed by atoms with E-state index in [1.54, 1.807) is 23.9 Å². The molecule has 3 rings (SSSR count). The second-order valence-electron chi connectivity index (χ2n) is 4.33. The molecule has 0 fully saturated rings. The van der Waals surface area contributed by atoms with Crippen LogP contribution in [0, 0.1) is 0 Å². The molecule has 0 bridgehead atoms. The van der Waals surface area contributed by atoms with Crippen molar-refractivity contribution in [3.8, 4) is 5.69 Å². The molecule has 0 aliphatic carbocycles. The zero-order chi connectivity index (χ0) is 14.9. The maximum atomic E-state index is 12.5. The highest BCUT2D eigenvalue weighted by molar-refractivity contribution is 7.93. The standard InChI is InChI=1S/C14H13N3O2S2/c1-15-13-7-8-14(20-13)21(18,19)12-9-16-17(10-12)11-5-3-2-4-6-11/h2-10,15H,1H3. The van der Waals surface area contributed by atoms with Gasteiger partial charge in [-0.05, 0) is 24.3 Å². The quantitative estimate of drug-likeness (QED) is 0.803. The highest BCUT2D eigenvalue weighted by Gasteiger charge is 2.22. The molecule has 5 nitrogen and oxygen atoms in total. The van der Waals surface area contributed by atoms with Crippen LogP contribution >= 0.6 is 11.3 Å². The first-order valence-electron chi connectivity index (χ1n) is 6.24. The van der Waals surface area contributed by atoms with Gasteiger partial charge in [-0.3, -0.25) is 0 Å². The number of para-hydroxylation sites is 1. The lowest BCUT2D eigenvalue weighted by atomic mass is 10.3. The summed E-state index contributed by atoms with van der Waals surface area (Å²) in [6, 6.07) is 12.7. The number of sulfone groups is 1. The van der Waals surface area contributed by atoms with Crippen molar-refractivity contribution >= 4 is 26.2 Å². The molecule has 0 spiro atoms. The average molecular weight is 319 g/mol. The third kappa shape index (κ3) is 2.57. The van der Waals surface area contributed by atoms with Gasteiger partial charge in [-0.15, -0.1) is 11.3 Å². The van der Waals surface area contributed by atoms with Crippen molar-refractivity contribution in [1.82, 2.24) is 9.78 Å². The van der Waals surface area contributed by atoms with Crippen molar-refractivity contribution in [1.29, 1.82) is 0 Å². The first-order valence-corrected chi connectivity index (χ1v) is 8.54. The molecule has 0 atom stereocenters. The summed E-state index contributed by atoms with van der Waals surface area (Å²) in [6.07, 6.45) is 2.91. The van der Waals surface area contributed by atoms with Crippen LogP contribution in [0.5, 0.6) is 0 Å². The van der Waals surface area contributed by atoms with Gasteiger partial charge in [-0.2, -0.15) is 5.10 Å². The van der Waals surface area contributed by atoms with E-state index in [4.69, 9.17) is 0 Å². The van der Waals surface area contributed by atoms with Crippen LogP contribution in [0.25, 0.3) is 5.69 Å². The van der Waals surface area contributed by atoms with E-state index < -0.39 is 9.84 Å². The minimum atomic E-state index is -3.52. The molecule has 0 amide bonds. The monoisotopic (exact) mass is 319 g/mol. The summed E-state index contributed by atoms with van der Waals surface area (Å²) in [7, 11) is -1.76. The van der Waals surface area contributed by atoms with Crippen LogP contribution in [0.1, 0.15) is 0 Å². The molecule has 108 valence electrons. The summed E-state index contributed by atoms with van der Waals surface area (Å²) in [6.45, 7) is 0. The maximum Gasteiger partial charge on any atom is 0.219 e. The predicted molar refractivity (Wildman–Crippen MR) is 82.9 cm³/mol. The van der Waals surface area contributed by atoms with Crippen molar-refractivity contribution in [2.75, 3.05) is 12.4 Å². The molecule has 1 aromatic carbocycles. The number of nitrogens with zero attached hydrogens (tertiary/aromatic N) is 2. The lowest BCUT2D eigenvalue weighted by molar-refractivity contribution is 0.598. The summed E-state index contributed by atoms with van der Waals surface area (Å²) >= 11 is 1.20. The van der Waals surface area contributed by atoms with Crippen LogP contribution in [0.2, 0.25) is 0 Å². The summed E-state index contributed by atoms with van der Waals surface area (Å²) in [4.78, 5) is 0.191. The van der Waals surface area contributed by atoms with Crippen molar-refractivity contribution in [2.24, 2.45) is 0 Å². The van der Waals surface area contributed by atoms with E-state index in [2.05, 4.69) is 10.4 Å². The van der Waals surface area contributed by atoms with Gasteiger partial charge < -0.3 is 5.32 Å². The number of hydrogen-bond donors (Lipinski definition) is 1. The molecule has 7 heteroatoms. The van der Waals surface area contributed by atoms with E-state index in [-0.39, 0.29) is 4.90 Å². The Morgan fingerprint density at radius 2 is 1.90 bits per heavy atom. The van der Waals surface area contributed by atoms with E-state index in [1.165, 1.54) is 23.7 Å². The van der Waals surface area contributed by atoms with Crippen LogP contribution < -0.4 is 5.32 Å². The van der Waals surface area contributed by atoms with Gasteiger partial charge in [0.15, 0.2) is 0 Å². The third-order valence-electron chi connectivity index (χ3n) is 2.98. The molecule has 21 heavy (non-hydrogen) atoms. The Morgan fingerprint density at radius 3 is 2.57 bits per heavy atom. The zero-order valence-corrected chi connectivity index (χ0v) is 12.9. The molecule has 0 aliphatic heterocycles. The van der Waals surface area contributed by atoms with Crippen LogP contribution in [0.15, 0.2) is 64.0 Å². The fourth-order valence-electron chi connectivity index (χ4n) is 1.88. The summed E-state index contributed by atoms with van der Waals surface area (Å²) in [5.41, 5.74) is 0.820. The normalized spacial score (nSPS) is 11.5. The molecule has 1 N–H and O–H groups in total.